The van der Waals surface area contributed by atoms with Gasteiger partial charge in [0.2, 0.25) is 5.91 Å². The third-order valence-corrected chi connectivity index (χ3v) is 3.03. The van der Waals surface area contributed by atoms with E-state index in [0.717, 1.165) is 5.56 Å². The summed E-state index contributed by atoms with van der Waals surface area (Å²) in [5.41, 5.74) is 1.52. The number of aryl methyl sites for hydroxylation is 1. The molecule has 1 aromatic carbocycles. The Morgan fingerprint density at radius 2 is 2.00 bits per heavy atom. The molecule has 0 atom stereocenters. The molecule has 0 saturated carbocycles. The molecule has 7 nitrogen and oxygen atoms in total. The fourth-order valence-corrected chi connectivity index (χ4v) is 1.69. The van der Waals surface area contributed by atoms with Gasteiger partial charge in [0.15, 0.2) is 6.61 Å². The summed E-state index contributed by atoms with van der Waals surface area (Å²) in [5, 5.41) is 5.74. The normalized spacial score (nSPS) is 10.3. The van der Waals surface area contributed by atoms with Gasteiger partial charge in [-0.05, 0) is 24.6 Å². The van der Waals surface area contributed by atoms with Crippen molar-refractivity contribution in [2.75, 3.05) is 52.8 Å². The molecule has 0 heterocycles. The summed E-state index contributed by atoms with van der Waals surface area (Å²) in [6, 6.07) is 5.42. The number of hydrogen-bond acceptors (Lipinski definition) is 5. The summed E-state index contributed by atoms with van der Waals surface area (Å²) < 4.78 is 10.4. The van der Waals surface area contributed by atoms with Gasteiger partial charge < -0.3 is 25.0 Å². The summed E-state index contributed by atoms with van der Waals surface area (Å²) in [6.45, 7) is 3.15. The first-order valence-corrected chi connectivity index (χ1v) is 7.37. The Labute approximate surface area is 136 Å². The van der Waals surface area contributed by atoms with Crippen molar-refractivity contribution in [2.45, 2.75) is 6.92 Å². The molecule has 0 bridgehead atoms. The smallest absolute Gasteiger partial charge is 0.259 e. The molecule has 0 radical (unpaired) electrons. The van der Waals surface area contributed by atoms with Crippen LogP contribution in [0, 0.1) is 6.92 Å². The molecule has 2 N–H and O–H groups in total. The van der Waals surface area contributed by atoms with Gasteiger partial charge in [0.25, 0.3) is 5.91 Å². The number of nitrogens with zero attached hydrogens (tertiary/aromatic N) is 1. The molecule has 0 aliphatic heterocycles. The lowest BCUT2D eigenvalue weighted by atomic mass is 10.2. The van der Waals surface area contributed by atoms with Crippen LogP contribution in [0.3, 0.4) is 0 Å². The third-order valence-electron chi connectivity index (χ3n) is 3.03. The number of carbonyl (C=O) groups excluding carboxylic acids is 2. The fraction of sp³-hybridized carbons (Fsp3) is 0.500. The average molecular weight is 323 g/mol. The number of anilines is 1. The van der Waals surface area contributed by atoms with E-state index in [2.05, 4.69) is 10.6 Å². The first-order chi connectivity index (χ1) is 10.9. The Balaban J connectivity index is 2.63. The molecule has 0 spiro atoms. The predicted molar refractivity (Wildman–Crippen MR) is 88.7 cm³/mol. The maximum absolute atomic E-state index is 11.9. The number of benzene rings is 1. The van der Waals surface area contributed by atoms with Crippen molar-refractivity contribution < 1.29 is 19.1 Å². The van der Waals surface area contributed by atoms with Crippen molar-refractivity contribution in [3.63, 3.8) is 0 Å². The molecule has 2 amide bonds. The van der Waals surface area contributed by atoms with Gasteiger partial charge in [0, 0.05) is 27.7 Å². The van der Waals surface area contributed by atoms with Crippen LogP contribution in [-0.4, -0.2) is 64.2 Å². The summed E-state index contributed by atoms with van der Waals surface area (Å²) in [4.78, 5) is 25.0. The Morgan fingerprint density at radius 3 is 2.65 bits per heavy atom. The van der Waals surface area contributed by atoms with Gasteiger partial charge >= 0.3 is 0 Å². The lowest BCUT2D eigenvalue weighted by Gasteiger charge is -2.15. The van der Waals surface area contributed by atoms with E-state index in [1.807, 2.05) is 13.0 Å². The lowest BCUT2D eigenvalue weighted by molar-refractivity contribution is -0.130. The van der Waals surface area contributed by atoms with E-state index in [9.17, 15) is 9.59 Å². The highest BCUT2D eigenvalue weighted by molar-refractivity contribution is 5.93. The highest BCUT2D eigenvalue weighted by Crippen LogP contribution is 2.25. The molecule has 0 aliphatic rings. The molecule has 0 aliphatic carbocycles. The van der Waals surface area contributed by atoms with Crippen LogP contribution in [0.4, 0.5) is 5.69 Å². The molecule has 0 saturated heterocycles. The molecule has 0 aromatic heterocycles. The van der Waals surface area contributed by atoms with Crippen LogP contribution >= 0.6 is 0 Å². The molecule has 128 valence electrons. The minimum absolute atomic E-state index is 0.0780. The lowest BCUT2D eigenvalue weighted by Crippen LogP contribution is -2.30. The summed E-state index contributed by atoms with van der Waals surface area (Å²) in [7, 11) is 4.93. The number of ether oxygens (including phenoxy) is 2. The van der Waals surface area contributed by atoms with E-state index in [0.29, 0.717) is 24.6 Å². The van der Waals surface area contributed by atoms with Gasteiger partial charge in [-0.15, -0.1) is 0 Å². The molecular weight excluding hydrogens is 298 g/mol. The third kappa shape index (κ3) is 7.12. The van der Waals surface area contributed by atoms with Crippen molar-refractivity contribution in [2.24, 2.45) is 0 Å². The van der Waals surface area contributed by atoms with Crippen LogP contribution in [-0.2, 0) is 14.3 Å². The zero-order chi connectivity index (χ0) is 17.2. The van der Waals surface area contributed by atoms with Crippen LogP contribution in [0.1, 0.15) is 5.56 Å². The number of hydrogen-bond donors (Lipinski definition) is 2. The number of methoxy groups -OCH3 is 1. The first-order valence-electron chi connectivity index (χ1n) is 7.37. The van der Waals surface area contributed by atoms with Gasteiger partial charge in [-0.25, -0.2) is 0 Å². The molecule has 7 heteroatoms. The minimum Gasteiger partial charge on any atom is -0.482 e. The molecular formula is C16H25N3O4. The van der Waals surface area contributed by atoms with Gasteiger partial charge in [-0.3, -0.25) is 9.59 Å². The Kier molecular flexibility index (Phi) is 8.07. The number of carbonyl (C=O) groups is 2. The second kappa shape index (κ2) is 9.81. The van der Waals surface area contributed by atoms with E-state index in [1.54, 1.807) is 33.3 Å². The number of likely N-dealkylation sites (N-methyl/N-ethyl adjacent to an activating group) is 1. The van der Waals surface area contributed by atoms with E-state index in [1.165, 1.54) is 4.90 Å². The standard InChI is InChI=1S/C16H25N3O4/c1-12-5-6-13(18-15(20)10-17-7-8-22-4)14(9-12)23-11-16(21)19(2)3/h5-6,9,17H,7-8,10-11H2,1-4H3,(H,18,20). The van der Waals surface area contributed by atoms with Crippen LogP contribution < -0.4 is 15.4 Å². The van der Waals surface area contributed by atoms with E-state index in [-0.39, 0.29) is 25.0 Å². The Morgan fingerprint density at radius 1 is 1.26 bits per heavy atom. The van der Waals surface area contributed by atoms with Crippen LogP contribution in [0.2, 0.25) is 0 Å². The highest BCUT2D eigenvalue weighted by atomic mass is 16.5. The van der Waals surface area contributed by atoms with Gasteiger partial charge in [0.1, 0.15) is 5.75 Å². The molecule has 23 heavy (non-hydrogen) atoms. The number of nitrogens with one attached hydrogen (secondary N) is 2. The quantitative estimate of drug-likeness (QED) is 0.652. The Bertz CT molecular complexity index is 532. The van der Waals surface area contributed by atoms with Crippen LogP contribution in [0.25, 0.3) is 0 Å². The number of rotatable bonds is 9. The Hall–Kier alpha value is -2.12. The highest BCUT2D eigenvalue weighted by Gasteiger charge is 2.11. The van der Waals surface area contributed by atoms with Gasteiger partial charge in [-0.2, -0.15) is 0 Å². The van der Waals surface area contributed by atoms with Crippen molar-refractivity contribution in [1.29, 1.82) is 0 Å². The predicted octanol–water partition coefficient (Wildman–Crippen LogP) is 0.637. The number of amides is 2. The molecule has 0 unspecified atom stereocenters. The maximum atomic E-state index is 11.9. The minimum atomic E-state index is -0.186. The van der Waals surface area contributed by atoms with E-state index < -0.39 is 0 Å². The topological polar surface area (TPSA) is 79.9 Å². The first kappa shape index (κ1) is 18.9. The molecule has 1 aromatic rings. The zero-order valence-corrected chi connectivity index (χ0v) is 14.1. The van der Waals surface area contributed by atoms with Gasteiger partial charge in [-0.1, -0.05) is 6.07 Å². The monoisotopic (exact) mass is 323 g/mol. The second-order valence-corrected chi connectivity index (χ2v) is 5.29. The SMILES string of the molecule is COCCNCC(=O)Nc1ccc(C)cc1OCC(=O)N(C)C. The fourth-order valence-electron chi connectivity index (χ4n) is 1.69. The summed E-state index contributed by atoms with van der Waals surface area (Å²) in [5.74, 6) is 0.143. The average Bonchev–Trinajstić information content (AvgIpc) is 2.51. The van der Waals surface area contributed by atoms with E-state index in [4.69, 9.17) is 9.47 Å². The van der Waals surface area contributed by atoms with Crippen molar-refractivity contribution in [3.8, 4) is 5.75 Å². The molecule has 0 fully saturated rings. The van der Waals surface area contributed by atoms with E-state index >= 15 is 0 Å². The van der Waals surface area contributed by atoms with Gasteiger partial charge in [0.05, 0.1) is 18.8 Å². The summed E-state index contributed by atoms with van der Waals surface area (Å²) in [6.07, 6.45) is 0. The van der Waals surface area contributed by atoms with Crippen LogP contribution in [0.15, 0.2) is 18.2 Å². The van der Waals surface area contributed by atoms with Crippen LogP contribution in [0.5, 0.6) is 5.75 Å². The van der Waals surface area contributed by atoms with Crippen molar-refractivity contribution in [1.82, 2.24) is 10.2 Å². The summed E-state index contributed by atoms with van der Waals surface area (Å²) >= 11 is 0. The molecule has 1 rings (SSSR count). The van der Waals surface area contributed by atoms with Crippen molar-refractivity contribution >= 4 is 17.5 Å². The largest absolute Gasteiger partial charge is 0.482 e. The zero-order valence-electron chi connectivity index (χ0n) is 14.1. The van der Waals surface area contributed by atoms with Crippen molar-refractivity contribution in [3.05, 3.63) is 23.8 Å². The second-order valence-electron chi connectivity index (χ2n) is 5.29. The maximum Gasteiger partial charge on any atom is 0.259 e.